The summed E-state index contributed by atoms with van der Waals surface area (Å²) in [6, 6.07) is 15.8. The molecule has 1 heterocycles. The molecule has 0 fully saturated rings. The van der Waals surface area contributed by atoms with Crippen molar-refractivity contribution in [3.8, 4) is 0 Å². The van der Waals surface area contributed by atoms with Crippen LogP contribution in [0.3, 0.4) is 0 Å². The van der Waals surface area contributed by atoms with E-state index in [1.807, 2.05) is 37.3 Å². The minimum absolute atomic E-state index is 0.0190. The molecule has 3 aromatic rings. The molecule has 4 rings (SSSR count). The monoisotopic (exact) mass is 424 g/mol. The van der Waals surface area contributed by atoms with Gasteiger partial charge in [-0.3, -0.25) is 9.36 Å². The second-order valence-corrected chi connectivity index (χ2v) is 8.73. The van der Waals surface area contributed by atoms with Crippen LogP contribution in [0.1, 0.15) is 43.4 Å². The third-order valence-corrected chi connectivity index (χ3v) is 6.60. The van der Waals surface area contributed by atoms with Crippen molar-refractivity contribution in [3.63, 3.8) is 0 Å². The Balaban J connectivity index is 1.42. The molecule has 0 aliphatic heterocycles. The van der Waals surface area contributed by atoms with Crippen molar-refractivity contribution in [2.24, 2.45) is 0 Å². The molecule has 0 amide bonds. The molecule has 0 radical (unpaired) electrons. The van der Waals surface area contributed by atoms with Crippen molar-refractivity contribution in [1.82, 2.24) is 9.55 Å². The van der Waals surface area contributed by atoms with Gasteiger partial charge in [0.25, 0.3) is 5.56 Å². The summed E-state index contributed by atoms with van der Waals surface area (Å²) in [7, 11) is 0. The smallest absolute Gasteiger partial charge is 0.262 e. The zero-order valence-corrected chi connectivity index (χ0v) is 18.1. The minimum Gasteiger partial charge on any atom is -0.390 e. The fourth-order valence-electron chi connectivity index (χ4n) is 4.01. The normalized spacial score (nSPS) is 17.1. The highest BCUT2D eigenvalue weighted by atomic mass is 32.2. The highest BCUT2D eigenvalue weighted by Crippen LogP contribution is 2.32. The van der Waals surface area contributed by atoms with Gasteiger partial charge in [0.15, 0.2) is 5.16 Å². The number of fused-ring (bicyclic) bond motifs is 2. The molecule has 30 heavy (non-hydrogen) atoms. The summed E-state index contributed by atoms with van der Waals surface area (Å²) >= 11 is 1.42. The van der Waals surface area contributed by atoms with E-state index in [1.165, 1.54) is 22.9 Å². The molecule has 2 aromatic carbocycles. The van der Waals surface area contributed by atoms with Crippen molar-refractivity contribution in [1.29, 1.82) is 0 Å². The number of aliphatic hydroxyl groups is 1. The van der Waals surface area contributed by atoms with Crippen LogP contribution in [0.4, 0.5) is 0 Å². The lowest BCUT2D eigenvalue weighted by atomic mass is 9.89. The molecule has 158 valence electrons. The molecule has 0 spiro atoms. The number of ether oxygens (including phenoxy) is 1. The Morgan fingerprint density at radius 2 is 2.03 bits per heavy atom. The Morgan fingerprint density at radius 3 is 2.90 bits per heavy atom. The Bertz CT molecular complexity index is 1070. The number of hydrogen-bond acceptors (Lipinski definition) is 5. The molecule has 1 N–H and O–H groups in total. The molecular formula is C24H28N2O3S. The predicted molar refractivity (Wildman–Crippen MR) is 121 cm³/mol. The van der Waals surface area contributed by atoms with Gasteiger partial charge in [0.2, 0.25) is 0 Å². The molecule has 1 aromatic heterocycles. The van der Waals surface area contributed by atoms with Gasteiger partial charge in [0.1, 0.15) is 0 Å². The molecule has 5 nitrogen and oxygen atoms in total. The number of rotatable bonds is 8. The van der Waals surface area contributed by atoms with Crippen LogP contribution in [0.25, 0.3) is 10.9 Å². The van der Waals surface area contributed by atoms with Crippen LogP contribution in [0, 0.1) is 0 Å². The van der Waals surface area contributed by atoms with Gasteiger partial charge in [0.05, 0.1) is 29.7 Å². The molecule has 0 saturated heterocycles. The van der Waals surface area contributed by atoms with E-state index in [0.29, 0.717) is 28.4 Å². The van der Waals surface area contributed by atoms with Crippen molar-refractivity contribution in [3.05, 3.63) is 70.0 Å². The Hall–Kier alpha value is -2.15. The average molecular weight is 425 g/mol. The second kappa shape index (κ2) is 9.77. The first-order valence-corrected chi connectivity index (χ1v) is 11.7. The van der Waals surface area contributed by atoms with Gasteiger partial charge in [-0.15, -0.1) is 0 Å². The maximum absolute atomic E-state index is 12.9. The highest BCUT2D eigenvalue weighted by Gasteiger charge is 2.21. The summed E-state index contributed by atoms with van der Waals surface area (Å²) in [4.78, 5) is 17.5. The lowest BCUT2D eigenvalue weighted by Crippen LogP contribution is -2.25. The first-order valence-electron chi connectivity index (χ1n) is 10.7. The average Bonchev–Trinajstić information content (AvgIpc) is 2.78. The largest absolute Gasteiger partial charge is 0.390 e. The van der Waals surface area contributed by atoms with Crippen LogP contribution in [0.15, 0.2) is 58.5 Å². The van der Waals surface area contributed by atoms with E-state index in [0.717, 1.165) is 25.7 Å². The number of aromatic nitrogens is 2. The molecule has 1 aliphatic rings. The van der Waals surface area contributed by atoms with E-state index in [-0.39, 0.29) is 18.3 Å². The number of para-hydroxylation sites is 1. The molecule has 0 unspecified atom stereocenters. The van der Waals surface area contributed by atoms with Crippen LogP contribution in [-0.4, -0.2) is 33.1 Å². The van der Waals surface area contributed by atoms with Gasteiger partial charge in [-0.2, -0.15) is 0 Å². The van der Waals surface area contributed by atoms with Gasteiger partial charge in [-0.05, 0) is 48.9 Å². The Labute approximate surface area is 181 Å². The van der Waals surface area contributed by atoms with Gasteiger partial charge in [0, 0.05) is 12.3 Å². The lowest BCUT2D eigenvalue weighted by Gasteiger charge is -2.26. The number of aliphatic hydroxyl groups excluding tert-OH is 1. The number of nitrogens with zero attached hydrogens (tertiary/aromatic N) is 2. The molecule has 6 heteroatoms. The fraction of sp³-hybridized carbons (Fsp3) is 0.417. The number of aryl methyl sites for hydroxylation is 1. The second-order valence-electron chi connectivity index (χ2n) is 7.75. The lowest BCUT2D eigenvalue weighted by molar-refractivity contribution is -0.00961. The van der Waals surface area contributed by atoms with Crippen LogP contribution in [0.2, 0.25) is 0 Å². The fourth-order valence-corrected chi connectivity index (χ4v) is 4.94. The van der Waals surface area contributed by atoms with Gasteiger partial charge < -0.3 is 9.84 Å². The van der Waals surface area contributed by atoms with Crippen LogP contribution in [-0.2, 0) is 17.7 Å². The molecule has 1 aliphatic carbocycles. The highest BCUT2D eigenvalue weighted by molar-refractivity contribution is 7.99. The Morgan fingerprint density at radius 1 is 1.23 bits per heavy atom. The summed E-state index contributed by atoms with van der Waals surface area (Å²) < 4.78 is 7.80. The summed E-state index contributed by atoms with van der Waals surface area (Å²) in [5.41, 5.74) is 3.27. The Kier molecular flexibility index (Phi) is 6.87. The van der Waals surface area contributed by atoms with Crippen molar-refractivity contribution in [2.45, 2.75) is 56.5 Å². The first kappa shape index (κ1) is 21.1. The molecule has 2 atom stereocenters. The topological polar surface area (TPSA) is 64.3 Å². The SMILES string of the molecule is CCCn1c(SC[C@@H](O)CO[C@H]2CCCc3ccccc32)nc2ccccc2c1=O. The van der Waals surface area contributed by atoms with Crippen LogP contribution in [0.5, 0.6) is 0 Å². The van der Waals surface area contributed by atoms with Crippen molar-refractivity contribution < 1.29 is 9.84 Å². The molecule has 0 saturated carbocycles. The van der Waals surface area contributed by atoms with Crippen LogP contribution < -0.4 is 5.56 Å². The van der Waals surface area contributed by atoms with Crippen LogP contribution >= 0.6 is 11.8 Å². The predicted octanol–water partition coefficient (Wildman–Crippen LogP) is 4.35. The summed E-state index contributed by atoms with van der Waals surface area (Å²) in [5, 5.41) is 11.8. The quantitative estimate of drug-likeness (QED) is 0.430. The minimum atomic E-state index is -0.623. The van der Waals surface area contributed by atoms with E-state index in [2.05, 4.69) is 23.2 Å². The van der Waals surface area contributed by atoms with E-state index < -0.39 is 6.10 Å². The zero-order chi connectivity index (χ0) is 20.9. The van der Waals surface area contributed by atoms with E-state index in [4.69, 9.17) is 4.74 Å². The number of benzene rings is 2. The third-order valence-electron chi connectivity index (χ3n) is 5.48. The molecule has 0 bridgehead atoms. The first-order chi connectivity index (χ1) is 14.7. The maximum atomic E-state index is 12.9. The summed E-state index contributed by atoms with van der Waals surface area (Å²) in [6.45, 7) is 2.93. The zero-order valence-electron chi connectivity index (χ0n) is 17.3. The van der Waals surface area contributed by atoms with Crippen molar-refractivity contribution >= 4 is 22.7 Å². The number of hydrogen-bond donors (Lipinski definition) is 1. The van der Waals surface area contributed by atoms with Gasteiger partial charge >= 0.3 is 0 Å². The van der Waals surface area contributed by atoms with E-state index in [9.17, 15) is 9.90 Å². The van der Waals surface area contributed by atoms with Gasteiger partial charge in [-0.1, -0.05) is 55.1 Å². The van der Waals surface area contributed by atoms with E-state index in [1.54, 1.807) is 4.57 Å². The number of thioether (sulfide) groups is 1. The standard InChI is InChI=1S/C24H28N2O3S/c1-2-14-26-23(28)20-11-5-6-12-21(20)25-24(26)30-16-18(27)15-29-22-13-7-9-17-8-3-4-10-19(17)22/h3-6,8,10-12,18,22,27H,2,7,9,13-16H2,1H3/t18-,22-/m0/s1. The van der Waals surface area contributed by atoms with E-state index >= 15 is 0 Å². The summed E-state index contributed by atoms with van der Waals surface area (Å²) in [5.74, 6) is 0.433. The molecular weight excluding hydrogens is 396 g/mol. The van der Waals surface area contributed by atoms with Crippen molar-refractivity contribution in [2.75, 3.05) is 12.4 Å². The third kappa shape index (κ3) is 4.61. The summed E-state index contributed by atoms with van der Waals surface area (Å²) in [6.07, 6.45) is 3.46. The van der Waals surface area contributed by atoms with Gasteiger partial charge in [-0.25, -0.2) is 4.98 Å². The maximum Gasteiger partial charge on any atom is 0.262 e.